The maximum Gasteiger partial charge on any atom is 0.261 e. The number of nitriles is 1. The van der Waals surface area contributed by atoms with E-state index in [9.17, 15) is 4.79 Å². The van der Waals surface area contributed by atoms with Gasteiger partial charge in [0, 0.05) is 0 Å². The number of nitrogen functional groups attached to an aromatic ring is 1. The van der Waals surface area contributed by atoms with Gasteiger partial charge in [-0.2, -0.15) is 5.26 Å². The van der Waals surface area contributed by atoms with Gasteiger partial charge < -0.3 is 5.73 Å². The molecule has 0 atom stereocenters. The van der Waals surface area contributed by atoms with Gasteiger partial charge >= 0.3 is 0 Å². The lowest BCUT2D eigenvalue weighted by Crippen LogP contribution is -2.17. The number of aromatic nitrogens is 2. The molecule has 0 amide bonds. The van der Waals surface area contributed by atoms with Crippen molar-refractivity contribution in [3.63, 3.8) is 0 Å². The predicted molar refractivity (Wildman–Crippen MR) is 62.5 cm³/mol. The van der Waals surface area contributed by atoms with Crippen molar-refractivity contribution >= 4 is 11.5 Å². The fraction of sp³-hybridized carbons (Fsp3) is 0.364. The van der Waals surface area contributed by atoms with Crippen LogP contribution in [0.15, 0.2) is 10.9 Å². The van der Waals surface area contributed by atoms with Crippen molar-refractivity contribution in [3.8, 4) is 6.07 Å². The zero-order valence-electron chi connectivity index (χ0n) is 9.37. The highest BCUT2D eigenvalue weighted by molar-refractivity contribution is 5.77. The van der Waals surface area contributed by atoms with Crippen molar-refractivity contribution < 1.29 is 0 Å². The molecular weight excluding hydrogens is 204 g/mol. The molecule has 84 valence electrons. The van der Waals surface area contributed by atoms with Gasteiger partial charge in [-0.05, 0) is 13.3 Å². The number of aryl methyl sites for hydroxylation is 1. The van der Waals surface area contributed by atoms with Crippen LogP contribution in [0.3, 0.4) is 0 Å². The summed E-state index contributed by atoms with van der Waals surface area (Å²) in [4.78, 5) is 18.0. The standard InChI is InChI=1S/C11H14N4O/c1-3-4-5-8(6-12)9-7(2)14-11(13)15-10(9)16/h5H,3-4H2,1-2H3,(H3,13,14,15,16)/b8-5-. The Morgan fingerprint density at radius 3 is 2.88 bits per heavy atom. The number of anilines is 1. The first-order valence-corrected chi connectivity index (χ1v) is 5.07. The second kappa shape index (κ2) is 5.12. The lowest BCUT2D eigenvalue weighted by atomic mass is 10.1. The molecule has 5 nitrogen and oxygen atoms in total. The van der Waals surface area contributed by atoms with E-state index in [1.165, 1.54) is 0 Å². The molecular formula is C11H14N4O. The Balaban J connectivity index is 3.33. The number of H-pyrrole nitrogens is 1. The van der Waals surface area contributed by atoms with E-state index in [2.05, 4.69) is 9.97 Å². The Bertz CT molecular complexity index is 508. The summed E-state index contributed by atoms with van der Waals surface area (Å²) >= 11 is 0. The van der Waals surface area contributed by atoms with Gasteiger partial charge in [0.25, 0.3) is 5.56 Å². The third kappa shape index (κ3) is 2.48. The zero-order valence-corrected chi connectivity index (χ0v) is 9.37. The average Bonchev–Trinajstić information content (AvgIpc) is 2.21. The molecule has 1 aromatic heterocycles. The molecule has 1 aromatic rings. The number of nitrogens with one attached hydrogen (secondary N) is 1. The Morgan fingerprint density at radius 1 is 1.69 bits per heavy atom. The molecule has 0 aliphatic heterocycles. The number of unbranched alkanes of at least 4 members (excludes halogenated alkanes) is 1. The van der Waals surface area contributed by atoms with E-state index in [0.29, 0.717) is 16.8 Å². The van der Waals surface area contributed by atoms with Crippen molar-refractivity contribution in [2.24, 2.45) is 0 Å². The molecule has 0 saturated carbocycles. The smallest absolute Gasteiger partial charge is 0.261 e. The molecule has 1 heterocycles. The lowest BCUT2D eigenvalue weighted by Gasteiger charge is -2.03. The van der Waals surface area contributed by atoms with E-state index in [0.717, 1.165) is 12.8 Å². The van der Waals surface area contributed by atoms with Crippen molar-refractivity contribution in [3.05, 3.63) is 27.7 Å². The summed E-state index contributed by atoms with van der Waals surface area (Å²) in [6.07, 6.45) is 3.42. The van der Waals surface area contributed by atoms with Gasteiger partial charge in [0.05, 0.1) is 22.9 Å². The predicted octanol–water partition coefficient (Wildman–Crippen LogP) is 1.37. The minimum Gasteiger partial charge on any atom is -0.369 e. The van der Waals surface area contributed by atoms with Crippen LogP contribution in [0.4, 0.5) is 5.95 Å². The van der Waals surface area contributed by atoms with Gasteiger partial charge in [0.1, 0.15) is 0 Å². The highest BCUT2D eigenvalue weighted by atomic mass is 16.1. The number of allylic oxidation sites excluding steroid dienone is 2. The lowest BCUT2D eigenvalue weighted by molar-refractivity contribution is 0.959. The van der Waals surface area contributed by atoms with E-state index in [-0.39, 0.29) is 11.5 Å². The molecule has 0 aromatic carbocycles. The van der Waals surface area contributed by atoms with Crippen LogP contribution in [0.2, 0.25) is 0 Å². The van der Waals surface area contributed by atoms with Crippen LogP contribution in [-0.2, 0) is 0 Å². The van der Waals surface area contributed by atoms with Crippen LogP contribution in [0.1, 0.15) is 31.0 Å². The Morgan fingerprint density at radius 2 is 2.38 bits per heavy atom. The van der Waals surface area contributed by atoms with Gasteiger partial charge in [0.15, 0.2) is 0 Å². The normalized spacial score (nSPS) is 11.2. The van der Waals surface area contributed by atoms with Gasteiger partial charge in [-0.15, -0.1) is 0 Å². The zero-order chi connectivity index (χ0) is 12.1. The van der Waals surface area contributed by atoms with E-state index in [1.54, 1.807) is 13.0 Å². The third-order valence-corrected chi connectivity index (χ3v) is 2.15. The molecule has 1 rings (SSSR count). The van der Waals surface area contributed by atoms with Crippen molar-refractivity contribution in [1.29, 1.82) is 5.26 Å². The Labute approximate surface area is 93.6 Å². The summed E-state index contributed by atoms with van der Waals surface area (Å²) in [6, 6.07) is 2.01. The van der Waals surface area contributed by atoms with Gasteiger partial charge in [-0.3, -0.25) is 9.78 Å². The van der Waals surface area contributed by atoms with Crippen molar-refractivity contribution in [1.82, 2.24) is 9.97 Å². The Kier molecular flexibility index (Phi) is 3.84. The van der Waals surface area contributed by atoms with Crippen molar-refractivity contribution in [2.45, 2.75) is 26.7 Å². The Hall–Kier alpha value is -2.09. The maximum atomic E-state index is 11.7. The quantitative estimate of drug-likeness (QED) is 0.749. The number of nitrogens with two attached hydrogens (primary N) is 1. The molecule has 0 bridgehead atoms. The van der Waals surface area contributed by atoms with Crippen LogP contribution < -0.4 is 11.3 Å². The monoisotopic (exact) mass is 218 g/mol. The first kappa shape index (κ1) is 12.0. The van der Waals surface area contributed by atoms with Crippen LogP contribution in [-0.4, -0.2) is 9.97 Å². The molecule has 0 radical (unpaired) electrons. The largest absolute Gasteiger partial charge is 0.369 e. The summed E-state index contributed by atoms with van der Waals surface area (Å²) in [7, 11) is 0. The van der Waals surface area contributed by atoms with Gasteiger partial charge in [-0.25, -0.2) is 4.98 Å². The molecule has 5 heteroatoms. The number of aromatic amines is 1. The molecule has 0 saturated heterocycles. The van der Waals surface area contributed by atoms with Crippen LogP contribution in [0.25, 0.3) is 5.57 Å². The van der Waals surface area contributed by atoms with E-state index in [1.807, 2.05) is 13.0 Å². The fourth-order valence-corrected chi connectivity index (χ4v) is 1.42. The first-order chi connectivity index (χ1) is 7.60. The van der Waals surface area contributed by atoms with Crippen LogP contribution in [0, 0.1) is 18.3 Å². The number of rotatable bonds is 3. The summed E-state index contributed by atoms with van der Waals surface area (Å²) in [6.45, 7) is 3.67. The SMILES string of the molecule is CCC/C=C(/C#N)c1c(C)nc(N)[nH]c1=O. The number of hydrogen-bond acceptors (Lipinski definition) is 4. The molecule has 0 aliphatic carbocycles. The highest BCUT2D eigenvalue weighted by Crippen LogP contribution is 2.13. The maximum absolute atomic E-state index is 11.7. The van der Waals surface area contributed by atoms with E-state index < -0.39 is 0 Å². The van der Waals surface area contributed by atoms with Gasteiger partial charge in [-0.1, -0.05) is 19.4 Å². The molecule has 16 heavy (non-hydrogen) atoms. The summed E-state index contributed by atoms with van der Waals surface area (Å²) < 4.78 is 0. The summed E-state index contributed by atoms with van der Waals surface area (Å²) in [5.41, 5.74) is 6.18. The fourth-order valence-electron chi connectivity index (χ4n) is 1.42. The molecule has 0 aliphatic rings. The molecule has 0 unspecified atom stereocenters. The van der Waals surface area contributed by atoms with E-state index in [4.69, 9.17) is 11.0 Å². The molecule has 0 fully saturated rings. The van der Waals surface area contributed by atoms with E-state index >= 15 is 0 Å². The number of hydrogen-bond donors (Lipinski definition) is 2. The topological polar surface area (TPSA) is 95.6 Å². The van der Waals surface area contributed by atoms with Gasteiger partial charge in [0.2, 0.25) is 5.95 Å². The highest BCUT2D eigenvalue weighted by Gasteiger charge is 2.11. The first-order valence-electron chi connectivity index (χ1n) is 5.07. The molecule has 3 N–H and O–H groups in total. The summed E-state index contributed by atoms with van der Waals surface area (Å²) in [5, 5.41) is 8.99. The second-order valence-electron chi connectivity index (χ2n) is 3.43. The minimum absolute atomic E-state index is 0.0685. The minimum atomic E-state index is -0.367. The number of nitrogens with zero attached hydrogens (tertiary/aromatic N) is 2. The third-order valence-electron chi connectivity index (χ3n) is 2.15. The average molecular weight is 218 g/mol. The van der Waals surface area contributed by atoms with Crippen molar-refractivity contribution in [2.75, 3.05) is 5.73 Å². The summed E-state index contributed by atoms with van der Waals surface area (Å²) in [5.74, 6) is 0.0685. The van der Waals surface area contributed by atoms with Crippen LogP contribution in [0.5, 0.6) is 0 Å². The molecule has 0 spiro atoms. The second-order valence-corrected chi connectivity index (χ2v) is 3.43. The van der Waals surface area contributed by atoms with Crippen LogP contribution >= 0.6 is 0 Å².